The van der Waals surface area contributed by atoms with Crippen LogP contribution in [0.1, 0.15) is 22.1 Å². The van der Waals surface area contributed by atoms with Crippen LogP contribution in [-0.4, -0.2) is 16.1 Å². The van der Waals surface area contributed by atoms with E-state index < -0.39 is 0 Å². The van der Waals surface area contributed by atoms with E-state index in [9.17, 15) is 4.79 Å². The molecule has 3 aromatic rings. The summed E-state index contributed by atoms with van der Waals surface area (Å²) in [7, 11) is 0. The first-order chi connectivity index (χ1) is 11.2. The quantitative estimate of drug-likeness (QED) is 0.645. The van der Waals surface area contributed by atoms with E-state index in [1.165, 1.54) is 0 Å². The molecule has 1 unspecified atom stereocenters. The summed E-state index contributed by atoms with van der Waals surface area (Å²) in [5.74, 6) is -0.106. The molecule has 1 amide bonds. The fourth-order valence-corrected chi connectivity index (χ4v) is 3.24. The van der Waals surface area contributed by atoms with E-state index in [0.29, 0.717) is 5.56 Å². The molecule has 1 atom stereocenters. The molecular formula is C17H13BrN4O. The topological polar surface area (TPSA) is 69.8 Å². The Labute approximate surface area is 141 Å². The Morgan fingerprint density at radius 1 is 1.00 bits per heavy atom. The van der Waals surface area contributed by atoms with Gasteiger partial charge < -0.3 is 10.6 Å². The monoisotopic (exact) mass is 368 g/mol. The lowest BCUT2D eigenvalue weighted by Crippen LogP contribution is -2.38. The summed E-state index contributed by atoms with van der Waals surface area (Å²) in [6.45, 7) is 0. The van der Waals surface area contributed by atoms with E-state index in [1.807, 2.05) is 42.5 Å². The Morgan fingerprint density at radius 2 is 1.83 bits per heavy atom. The highest BCUT2D eigenvalue weighted by atomic mass is 79.9. The molecule has 23 heavy (non-hydrogen) atoms. The number of nitrogens with one attached hydrogen (secondary N) is 3. The molecule has 5 nitrogen and oxygen atoms in total. The third-order valence-corrected chi connectivity index (χ3v) is 4.53. The summed E-state index contributed by atoms with van der Waals surface area (Å²) in [5.41, 5.74) is 4.22. The minimum absolute atomic E-state index is 0.106. The lowest BCUT2D eigenvalue weighted by Gasteiger charge is -2.28. The van der Waals surface area contributed by atoms with E-state index in [-0.39, 0.29) is 12.1 Å². The van der Waals surface area contributed by atoms with Crippen LogP contribution in [0.3, 0.4) is 0 Å². The van der Waals surface area contributed by atoms with Gasteiger partial charge in [-0.05, 0) is 33.6 Å². The van der Waals surface area contributed by atoms with Crippen LogP contribution < -0.4 is 10.6 Å². The third-order valence-electron chi connectivity index (χ3n) is 3.86. The Balaban J connectivity index is 1.75. The fraction of sp³-hybridized carbons (Fsp3) is 0.0588. The lowest BCUT2D eigenvalue weighted by atomic mass is 10.0. The first kappa shape index (κ1) is 14.0. The van der Waals surface area contributed by atoms with E-state index in [0.717, 1.165) is 27.0 Å². The normalized spacial score (nSPS) is 16.4. The molecule has 4 rings (SSSR count). The van der Waals surface area contributed by atoms with Gasteiger partial charge in [-0.2, -0.15) is 5.10 Å². The van der Waals surface area contributed by atoms with Crippen LogP contribution in [0.25, 0.3) is 11.3 Å². The van der Waals surface area contributed by atoms with Gasteiger partial charge in [0.1, 0.15) is 6.17 Å². The molecule has 1 aromatic heterocycles. The number of rotatable bonds is 2. The van der Waals surface area contributed by atoms with Crippen molar-refractivity contribution in [1.82, 2.24) is 15.5 Å². The molecule has 2 heterocycles. The predicted molar refractivity (Wildman–Crippen MR) is 92.0 cm³/mol. The van der Waals surface area contributed by atoms with Gasteiger partial charge in [-0.3, -0.25) is 9.89 Å². The second-order valence-corrected chi connectivity index (χ2v) is 6.13. The average molecular weight is 369 g/mol. The Morgan fingerprint density at radius 3 is 2.65 bits per heavy atom. The summed E-state index contributed by atoms with van der Waals surface area (Å²) in [5, 5.41) is 13.5. The number of benzene rings is 2. The minimum atomic E-state index is -0.345. The van der Waals surface area contributed by atoms with Crippen molar-refractivity contribution in [3.05, 3.63) is 70.3 Å². The van der Waals surface area contributed by atoms with E-state index in [4.69, 9.17) is 0 Å². The molecule has 0 saturated carbocycles. The summed E-state index contributed by atoms with van der Waals surface area (Å²) in [6, 6.07) is 15.5. The molecule has 0 spiro atoms. The van der Waals surface area contributed by atoms with Crippen molar-refractivity contribution in [3.63, 3.8) is 0 Å². The minimum Gasteiger partial charge on any atom is -0.360 e. The zero-order valence-electron chi connectivity index (χ0n) is 12.0. The number of aromatic nitrogens is 2. The maximum Gasteiger partial charge on any atom is 0.255 e. The molecule has 0 aliphatic carbocycles. The van der Waals surface area contributed by atoms with Crippen LogP contribution in [0, 0.1) is 0 Å². The number of halogens is 1. The van der Waals surface area contributed by atoms with Crippen LogP contribution in [0.5, 0.6) is 0 Å². The maximum absolute atomic E-state index is 12.4. The largest absolute Gasteiger partial charge is 0.360 e. The number of amides is 1. The number of carbonyl (C=O) groups excluding carboxylic acids is 1. The van der Waals surface area contributed by atoms with Crippen molar-refractivity contribution in [1.29, 1.82) is 0 Å². The predicted octanol–water partition coefficient (Wildman–Crippen LogP) is 3.69. The molecule has 3 N–H and O–H groups in total. The summed E-state index contributed by atoms with van der Waals surface area (Å²) in [4.78, 5) is 12.4. The number of nitrogens with zero attached hydrogens (tertiary/aromatic N) is 1. The van der Waals surface area contributed by atoms with Crippen molar-refractivity contribution in [2.75, 3.05) is 5.32 Å². The number of para-hydroxylation sites is 1. The standard InChI is InChI=1S/C17H13BrN4O/c18-13-8-4-7-11-15(13)20-16(21-17(11)23)12-9-19-22-14(12)10-5-2-1-3-6-10/h1-9,16,20H,(H,19,22)(H,21,23). The van der Waals surface area contributed by atoms with Crippen molar-refractivity contribution < 1.29 is 4.79 Å². The molecule has 0 saturated heterocycles. The number of fused-ring (bicyclic) bond motifs is 1. The molecule has 114 valence electrons. The number of aromatic amines is 1. The molecule has 6 heteroatoms. The van der Waals surface area contributed by atoms with Crippen LogP contribution in [-0.2, 0) is 0 Å². The van der Waals surface area contributed by atoms with Gasteiger partial charge in [-0.1, -0.05) is 36.4 Å². The first-order valence-electron chi connectivity index (χ1n) is 7.18. The Hall–Kier alpha value is -2.60. The third kappa shape index (κ3) is 2.41. The van der Waals surface area contributed by atoms with Gasteiger partial charge in [0.15, 0.2) is 0 Å². The molecule has 0 radical (unpaired) electrons. The van der Waals surface area contributed by atoms with Gasteiger partial charge in [0.25, 0.3) is 5.91 Å². The fourth-order valence-electron chi connectivity index (χ4n) is 2.76. The maximum atomic E-state index is 12.4. The lowest BCUT2D eigenvalue weighted by molar-refractivity contribution is 0.0935. The number of hydrogen-bond donors (Lipinski definition) is 3. The summed E-state index contributed by atoms with van der Waals surface area (Å²) in [6.07, 6.45) is 1.39. The van der Waals surface area contributed by atoms with E-state index in [1.54, 1.807) is 12.3 Å². The highest BCUT2D eigenvalue weighted by Gasteiger charge is 2.28. The van der Waals surface area contributed by atoms with Gasteiger partial charge in [-0.15, -0.1) is 0 Å². The van der Waals surface area contributed by atoms with Gasteiger partial charge in [0, 0.05) is 10.0 Å². The molecular weight excluding hydrogens is 356 g/mol. The van der Waals surface area contributed by atoms with E-state index in [2.05, 4.69) is 36.8 Å². The molecule has 1 aliphatic rings. The number of hydrogen-bond acceptors (Lipinski definition) is 3. The smallest absolute Gasteiger partial charge is 0.255 e. The summed E-state index contributed by atoms with van der Waals surface area (Å²) >= 11 is 3.50. The van der Waals surface area contributed by atoms with Crippen LogP contribution in [0.2, 0.25) is 0 Å². The van der Waals surface area contributed by atoms with Crippen molar-refractivity contribution in [2.45, 2.75) is 6.17 Å². The second-order valence-electron chi connectivity index (χ2n) is 5.28. The van der Waals surface area contributed by atoms with Gasteiger partial charge >= 0.3 is 0 Å². The first-order valence-corrected chi connectivity index (χ1v) is 7.98. The zero-order valence-corrected chi connectivity index (χ0v) is 13.6. The molecule has 2 aromatic carbocycles. The van der Waals surface area contributed by atoms with E-state index >= 15 is 0 Å². The van der Waals surface area contributed by atoms with Crippen molar-refractivity contribution in [3.8, 4) is 11.3 Å². The zero-order chi connectivity index (χ0) is 15.8. The van der Waals surface area contributed by atoms with Crippen LogP contribution >= 0.6 is 15.9 Å². The Bertz CT molecular complexity index is 875. The van der Waals surface area contributed by atoms with Gasteiger partial charge in [-0.25, -0.2) is 0 Å². The van der Waals surface area contributed by atoms with Crippen molar-refractivity contribution >= 4 is 27.5 Å². The second kappa shape index (κ2) is 5.55. The number of carbonyl (C=O) groups is 1. The average Bonchev–Trinajstić information content (AvgIpc) is 3.06. The van der Waals surface area contributed by atoms with Crippen LogP contribution in [0.4, 0.5) is 5.69 Å². The highest BCUT2D eigenvalue weighted by molar-refractivity contribution is 9.10. The highest BCUT2D eigenvalue weighted by Crippen LogP contribution is 2.35. The number of H-pyrrole nitrogens is 1. The van der Waals surface area contributed by atoms with Gasteiger partial charge in [0.05, 0.1) is 23.1 Å². The number of anilines is 1. The molecule has 1 aliphatic heterocycles. The van der Waals surface area contributed by atoms with Crippen molar-refractivity contribution in [2.24, 2.45) is 0 Å². The summed E-state index contributed by atoms with van der Waals surface area (Å²) < 4.78 is 0.861. The van der Waals surface area contributed by atoms with Gasteiger partial charge in [0.2, 0.25) is 0 Å². The Kier molecular flexibility index (Phi) is 3.38. The molecule has 0 bridgehead atoms. The van der Waals surface area contributed by atoms with Crippen LogP contribution in [0.15, 0.2) is 59.2 Å². The molecule has 0 fully saturated rings. The SMILES string of the molecule is O=C1NC(c2cn[nH]c2-c2ccccc2)Nc2c(Br)cccc21.